The van der Waals surface area contributed by atoms with Crippen molar-refractivity contribution in [3.05, 3.63) is 52.4 Å². The van der Waals surface area contributed by atoms with E-state index < -0.39 is 23.9 Å². The van der Waals surface area contributed by atoms with Gasteiger partial charge in [0.05, 0.1) is 16.7 Å². The number of ether oxygens (including phenoxy) is 1. The third-order valence-corrected chi connectivity index (χ3v) is 6.47. The fraction of sp³-hybridized carbons (Fsp3) is 0.391. The summed E-state index contributed by atoms with van der Waals surface area (Å²) in [5.41, 5.74) is 5.82. The standard InChI is InChI=1S/C23H27N3O5S/c1-14(20(28)25-21-18(19(24)27)12-13-32-21)31-23(30)17-11-7-6-10-16(17)22(29)26(2)15-8-4-3-5-9-15/h6-7,10-15H,3-5,8-9H2,1-2H3,(H2,24,27)(H,25,28). The molecule has 1 aliphatic carbocycles. The summed E-state index contributed by atoms with van der Waals surface area (Å²) in [6, 6.07) is 8.09. The fourth-order valence-electron chi connectivity index (χ4n) is 3.76. The van der Waals surface area contributed by atoms with Gasteiger partial charge in [-0.05, 0) is 43.3 Å². The van der Waals surface area contributed by atoms with Crippen LogP contribution in [0.2, 0.25) is 0 Å². The molecule has 0 bridgehead atoms. The number of nitrogens with zero attached hydrogens (tertiary/aromatic N) is 1. The van der Waals surface area contributed by atoms with Crippen LogP contribution in [0, 0.1) is 0 Å². The van der Waals surface area contributed by atoms with E-state index in [2.05, 4.69) is 5.32 Å². The molecule has 32 heavy (non-hydrogen) atoms. The van der Waals surface area contributed by atoms with Gasteiger partial charge in [0.25, 0.3) is 17.7 Å². The van der Waals surface area contributed by atoms with E-state index in [0.29, 0.717) is 0 Å². The van der Waals surface area contributed by atoms with Gasteiger partial charge >= 0.3 is 5.97 Å². The number of carbonyl (C=O) groups excluding carboxylic acids is 4. The van der Waals surface area contributed by atoms with Crippen LogP contribution in [0.1, 0.15) is 70.1 Å². The van der Waals surface area contributed by atoms with Crippen LogP contribution in [-0.4, -0.2) is 47.8 Å². The normalized spacial score (nSPS) is 14.9. The summed E-state index contributed by atoms with van der Waals surface area (Å²) in [7, 11) is 1.76. The van der Waals surface area contributed by atoms with Crippen molar-refractivity contribution in [3.63, 3.8) is 0 Å². The van der Waals surface area contributed by atoms with Crippen LogP contribution < -0.4 is 11.1 Å². The highest BCUT2D eigenvalue weighted by Crippen LogP contribution is 2.25. The van der Waals surface area contributed by atoms with Crippen LogP contribution in [0.15, 0.2) is 35.7 Å². The second-order valence-electron chi connectivity index (χ2n) is 7.82. The molecule has 1 aromatic heterocycles. The maximum atomic E-state index is 13.1. The molecule has 2 aromatic rings. The molecule has 0 saturated heterocycles. The van der Waals surface area contributed by atoms with Gasteiger partial charge in [0.2, 0.25) is 0 Å². The maximum absolute atomic E-state index is 13.1. The molecule has 170 valence electrons. The quantitative estimate of drug-likeness (QED) is 0.618. The van der Waals surface area contributed by atoms with Crippen molar-refractivity contribution in [3.8, 4) is 0 Å². The van der Waals surface area contributed by atoms with E-state index in [1.807, 2.05) is 0 Å². The minimum Gasteiger partial charge on any atom is -0.449 e. The second kappa shape index (κ2) is 10.4. The van der Waals surface area contributed by atoms with Crippen LogP contribution in [-0.2, 0) is 9.53 Å². The lowest BCUT2D eigenvalue weighted by atomic mass is 9.94. The number of hydrogen-bond donors (Lipinski definition) is 2. The van der Waals surface area contributed by atoms with Crippen LogP contribution in [0.25, 0.3) is 0 Å². The number of anilines is 1. The van der Waals surface area contributed by atoms with E-state index in [-0.39, 0.29) is 33.6 Å². The highest BCUT2D eigenvalue weighted by Gasteiger charge is 2.28. The lowest BCUT2D eigenvalue weighted by molar-refractivity contribution is -0.123. The lowest BCUT2D eigenvalue weighted by Gasteiger charge is -2.31. The van der Waals surface area contributed by atoms with Crippen molar-refractivity contribution in [1.82, 2.24) is 4.90 Å². The van der Waals surface area contributed by atoms with Crippen molar-refractivity contribution >= 4 is 40.0 Å². The Kier molecular flexibility index (Phi) is 7.63. The van der Waals surface area contributed by atoms with E-state index in [0.717, 1.165) is 37.0 Å². The number of primary amides is 1. The Hall–Kier alpha value is -3.20. The number of benzene rings is 1. The van der Waals surface area contributed by atoms with Crippen LogP contribution in [0.3, 0.4) is 0 Å². The molecule has 1 aliphatic rings. The van der Waals surface area contributed by atoms with Gasteiger partial charge in [0, 0.05) is 13.1 Å². The number of esters is 1. The highest BCUT2D eigenvalue weighted by atomic mass is 32.1. The number of amides is 3. The molecule has 9 heteroatoms. The molecule has 1 unspecified atom stereocenters. The molecule has 0 spiro atoms. The second-order valence-corrected chi connectivity index (χ2v) is 8.73. The third-order valence-electron chi connectivity index (χ3n) is 5.64. The van der Waals surface area contributed by atoms with Gasteiger partial charge in [0.1, 0.15) is 5.00 Å². The molecule has 0 aliphatic heterocycles. The number of rotatable bonds is 7. The number of nitrogens with one attached hydrogen (secondary N) is 1. The van der Waals surface area contributed by atoms with Gasteiger partial charge in [0.15, 0.2) is 6.10 Å². The molecule has 3 N–H and O–H groups in total. The van der Waals surface area contributed by atoms with Gasteiger partial charge in [-0.1, -0.05) is 31.4 Å². The van der Waals surface area contributed by atoms with Crippen LogP contribution in [0.5, 0.6) is 0 Å². The van der Waals surface area contributed by atoms with E-state index in [4.69, 9.17) is 10.5 Å². The van der Waals surface area contributed by atoms with Crippen molar-refractivity contribution in [2.45, 2.75) is 51.2 Å². The van der Waals surface area contributed by atoms with Crippen LogP contribution >= 0.6 is 11.3 Å². The van der Waals surface area contributed by atoms with Gasteiger partial charge in [-0.2, -0.15) is 0 Å². The molecule has 1 heterocycles. The third kappa shape index (κ3) is 5.34. The summed E-state index contributed by atoms with van der Waals surface area (Å²) in [6.07, 6.45) is 4.09. The monoisotopic (exact) mass is 457 g/mol. The molecule has 1 saturated carbocycles. The number of hydrogen-bond acceptors (Lipinski definition) is 6. The topological polar surface area (TPSA) is 119 Å². The summed E-state index contributed by atoms with van der Waals surface area (Å²) in [5.74, 6) is -2.28. The predicted molar refractivity (Wildman–Crippen MR) is 122 cm³/mol. The zero-order chi connectivity index (χ0) is 23.3. The molecule has 0 radical (unpaired) electrons. The van der Waals surface area contributed by atoms with Crippen LogP contribution in [0.4, 0.5) is 5.00 Å². The van der Waals surface area contributed by atoms with E-state index in [9.17, 15) is 19.2 Å². The molecule has 1 fully saturated rings. The lowest BCUT2D eigenvalue weighted by Crippen LogP contribution is -2.39. The summed E-state index contributed by atoms with van der Waals surface area (Å²) < 4.78 is 5.33. The Balaban J connectivity index is 1.69. The Morgan fingerprint density at radius 1 is 1.06 bits per heavy atom. The molecule has 3 amide bonds. The van der Waals surface area contributed by atoms with Gasteiger partial charge in [-0.3, -0.25) is 14.4 Å². The molecular formula is C23H27N3O5S. The minimum absolute atomic E-state index is 0.105. The van der Waals surface area contributed by atoms with Gasteiger partial charge in [-0.15, -0.1) is 11.3 Å². The summed E-state index contributed by atoms with van der Waals surface area (Å²) in [4.78, 5) is 51.5. The summed E-state index contributed by atoms with van der Waals surface area (Å²) >= 11 is 1.14. The molecule has 1 atom stereocenters. The summed E-state index contributed by atoms with van der Waals surface area (Å²) in [5, 5.41) is 4.46. The van der Waals surface area contributed by atoms with E-state index in [1.54, 1.807) is 35.5 Å². The number of carbonyl (C=O) groups is 4. The Morgan fingerprint density at radius 3 is 2.38 bits per heavy atom. The first kappa shape index (κ1) is 23.5. The minimum atomic E-state index is -1.15. The highest BCUT2D eigenvalue weighted by molar-refractivity contribution is 7.14. The summed E-state index contributed by atoms with van der Waals surface area (Å²) in [6.45, 7) is 1.42. The van der Waals surface area contributed by atoms with Crippen molar-refractivity contribution in [1.29, 1.82) is 0 Å². The molecule has 3 rings (SSSR count). The first-order valence-corrected chi connectivity index (χ1v) is 11.4. The zero-order valence-corrected chi connectivity index (χ0v) is 18.9. The average molecular weight is 458 g/mol. The fourth-order valence-corrected chi connectivity index (χ4v) is 4.56. The van der Waals surface area contributed by atoms with E-state index >= 15 is 0 Å². The van der Waals surface area contributed by atoms with Gasteiger partial charge < -0.3 is 20.7 Å². The largest absolute Gasteiger partial charge is 0.449 e. The smallest absolute Gasteiger partial charge is 0.339 e. The van der Waals surface area contributed by atoms with E-state index in [1.165, 1.54) is 25.5 Å². The first-order chi connectivity index (χ1) is 15.3. The number of nitrogens with two attached hydrogens (primary N) is 1. The van der Waals surface area contributed by atoms with Crippen molar-refractivity contribution < 1.29 is 23.9 Å². The SMILES string of the molecule is CC(OC(=O)c1ccccc1C(=O)N(C)C1CCCCC1)C(=O)Nc1sccc1C(N)=O. The average Bonchev–Trinajstić information content (AvgIpc) is 3.27. The Labute approximate surface area is 190 Å². The van der Waals surface area contributed by atoms with Crippen molar-refractivity contribution in [2.75, 3.05) is 12.4 Å². The Morgan fingerprint density at radius 2 is 1.72 bits per heavy atom. The first-order valence-electron chi connectivity index (χ1n) is 10.5. The predicted octanol–water partition coefficient (Wildman–Crippen LogP) is 3.44. The molecule has 8 nitrogen and oxygen atoms in total. The molecule has 1 aromatic carbocycles. The maximum Gasteiger partial charge on any atom is 0.339 e. The van der Waals surface area contributed by atoms with Gasteiger partial charge in [-0.25, -0.2) is 4.79 Å². The zero-order valence-electron chi connectivity index (χ0n) is 18.1. The Bertz CT molecular complexity index is 1010. The number of thiophene rings is 1. The molecular weight excluding hydrogens is 430 g/mol. The van der Waals surface area contributed by atoms with Crippen molar-refractivity contribution in [2.24, 2.45) is 5.73 Å².